The minimum absolute atomic E-state index is 0.0350. The second-order valence-corrected chi connectivity index (χ2v) is 5.59. The van der Waals surface area contributed by atoms with Gasteiger partial charge in [-0.25, -0.2) is 4.98 Å². The number of aliphatic imine (C=N–C) groups is 1. The molecule has 0 amide bonds. The van der Waals surface area contributed by atoms with Crippen LogP contribution in [0.5, 0.6) is 5.88 Å². The van der Waals surface area contributed by atoms with Crippen LogP contribution in [0.3, 0.4) is 0 Å². The third-order valence-electron chi connectivity index (χ3n) is 3.48. The van der Waals surface area contributed by atoms with Crippen molar-refractivity contribution in [2.24, 2.45) is 4.99 Å². The molecule has 0 aliphatic carbocycles. The maximum Gasteiger partial charge on any atom is 0.213 e. The highest BCUT2D eigenvalue weighted by Crippen LogP contribution is 2.15. The van der Waals surface area contributed by atoms with Crippen LogP contribution >= 0.6 is 0 Å². The molecule has 0 saturated heterocycles. The van der Waals surface area contributed by atoms with Gasteiger partial charge in [-0.15, -0.1) is 0 Å². The fraction of sp³-hybridized carbons (Fsp3) is 0.444. The average molecular weight is 330 g/mol. The van der Waals surface area contributed by atoms with Crippen molar-refractivity contribution in [3.05, 3.63) is 47.5 Å². The summed E-state index contributed by atoms with van der Waals surface area (Å²) in [5.74, 6) is 3.15. The molecule has 2 rings (SSSR count). The monoisotopic (exact) mass is 330 g/mol. The molecule has 0 saturated carbocycles. The summed E-state index contributed by atoms with van der Waals surface area (Å²) in [6, 6.07) is 7.85. The Kier molecular flexibility index (Phi) is 6.66. The van der Waals surface area contributed by atoms with Crippen LogP contribution in [0.4, 0.5) is 0 Å². The minimum Gasteiger partial charge on any atom is -0.478 e. The first-order chi connectivity index (χ1) is 11.6. The Labute approximate surface area is 143 Å². The van der Waals surface area contributed by atoms with Crippen LogP contribution in [0.15, 0.2) is 39.9 Å². The van der Waals surface area contributed by atoms with Gasteiger partial charge in [-0.1, -0.05) is 13.0 Å². The van der Waals surface area contributed by atoms with Crippen molar-refractivity contribution in [1.82, 2.24) is 15.6 Å². The van der Waals surface area contributed by atoms with Gasteiger partial charge in [0.15, 0.2) is 5.96 Å². The van der Waals surface area contributed by atoms with E-state index in [1.807, 2.05) is 44.3 Å². The summed E-state index contributed by atoms with van der Waals surface area (Å²) < 4.78 is 11.1. The topological polar surface area (TPSA) is 71.7 Å². The summed E-state index contributed by atoms with van der Waals surface area (Å²) in [6.07, 6.45) is 2.78. The predicted molar refractivity (Wildman–Crippen MR) is 95.2 cm³/mol. The molecule has 6 nitrogen and oxygen atoms in total. The smallest absolute Gasteiger partial charge is 0.213 e. The largest absolute Gasteiger partial charge is 0.478 e. The second kappa shape index (κ2) is 8.96. The Morgan fingerprint density at radius 2 is 2.17 bits per heavy atom. The van der Waals surface area contributed by atoms with Crippen molar-refractivity contribution >= 4 is 5.96 Å². The van der Waals surface area contributed by atoms with E-state index < -0.39 is 0 Å². The highest BCUT2D eigenvalue weighted by atomic mass is 16.5. The van der Waals surface area contributed by atoms with E-state index in [2.05, 4.69) is 27.5 Å². The number of guanidine groups is 1. The fourth-order valence-corrected chi connectivity index (χ4v) is 2.15. The van der Waals surface area contributed by atoms with Crippen LogP contribution in [0.25, 0.3) is 0 Å². The van der Waals surface area contributed by atoms with Crippen LogP contribution in [0, 0.1) is 6.92 Å². The molecule has 2 N–H and O–H groups in total. The minimum atomic E-state index is 0.0350. The predicted octanol–water partition coefficient (Wildman–Crippen LogP) is 3.20. The maximum atomic E-state index is 5.63. The lowest BCUT2D eigenvalue weighted by Crippen LogP contribution is -2.38. The first-order valence-corrected chi connectivity index (χ1v) is 8.23. The lowest BCUT2D eigenvalue weighted by atomic mass is 10.2. The number of hydrogen-bond acceptors (Lipinski definition) is 4. The summed E-state index contributed by atoms with van der Waals surface area (Å²) in [4.78, 5) is 8.53. The lowest BCUT2D eigenvalue weighted by Gasteiger charge is -2.16. The Morgan fingerprint density at radius 3 is 2.75 bits per heavy atom. The van der Waals surface area contributed by atoms with Gasteiger partial charge in [0, 0.05) is 25.9 Å². The fourth-order valence-electron chi connectivity index (χ4n) is 2.15. The molecule has 0 radical (unpaired) electrons. The van der Waals surface area contributed by atoms with E-state index in [0.717, 1.165) is 23.5 Å². The maximum absolute atomic E-state index is 5.63. The van der Waals surface area contributed by atoms with Gasteiger partial charge < -0.3 is 19.8 Å². The van der Waals surface area contributed by atoms with Crippen molar-refractivity contribution in [2.45, 2.75) is 39.8 Å². The van der Waals surface area contributed by atoms with Gasteiger partial charge in [-0.3, -0.25) is 4.99 Å². The van der Waals surface area contributed by atoms with E-state index in [9.17, 15) is 0 Å². The lowest BCUT2D eigenvalue weighted by molar-refractivity contribution is 0.305. The van der Waals surface area contributed by atoms with Gasteiger partial charge >= 0.3 is 0 Å². The van der Waals surface area contributed by atoms with Gasteiger partial charge in [0.1, 0.15) is 11.5 Å². The zero-order chi connectivity index (χ0) is 17.4. The van der Waals surface area contributed by atoms with Gasteiger partial charge in [0.2, 0.25) is 5.88 Å². The zero-order valence-electron chi connectivity index (χ0n) is 14.8. The molecule has 0 spiro atoms. The first kappa shape index (κ1) is 17.8. The summed E-state index contributed by atoms with van der Waals surface area (Å²) in [5.41, 5.74) is 1.06. The molecule has 6 heteroatoms. The van der Waals surface area contributed by atoms with Gasteiger partial charge in [-0.2, -0.15) is 0 Å². The summed E-state index contributed by atoms with van der Waals surface area (Å²) in [6.45, 7) is 7.36. The molecule has 1 atom stereocenters. The van der Waals surface area contributed by atoms with Crippen molar-refractivity contribution in [3.8, 4) is 5.88 Å². The van der Waals surface area contributed by atoms with Gasteiger partial charge in [-0.05, 0) is 38.0 Å². The van der Waals surface area contributed by atoms with E-state index in [1.54, 1.807) is 7.05 Å². The first-order valence-electron chi connectivity index (χ1n) is 8.23. The third kappa shape index (κ3) is 5.30. The standard InChI is InChI=1S/C18H26N4O2/c1-5-10-23-17-9-7-15(11-20-17)12-21-18(19-4)22-14(3)16-8-6-13(2)24-16/h6-9,11,14H,5,10,12H2,1-4H3,(H2,19,21,22). The normalized spacial score (nSPS) is 12.8. The molecule has 0 aromatic carbocycles. The van der Waals surface area contributed by atoms with E-state index in [1.165, 1.54) is 0 Å². The molecule has 1 unspecified atom stereocenters. The number of hydrogen-bond donors (Lipinski definition) is 2. The molecule has 0 bridgehead atoms. The van der Waals surface area contributed by atoms with Crippen molar-refractivity contribution in [1.29, 1.82) is 0 Å². The number of aryl methyl sites for hydroxylation is 1. The number of ether oxygens (including phenoxy) is 1. The van der Waals surface area contributed by atoms with Crippen LogP contribution in [-0.2, 0) is 6.54 Å². The van der Waals surface area contributed by atoms with Crippen LogP contribution < -0.4 is 15.4 Å². The Balaban J connectivity index is 1.84. The van der Waals surface area contributed by atoms with Gasteiger partial charge in [0.05, 0.1) is 12.6 Å². The molecule has 24 heavy (non-hydrogen) atoms. The zero-order valence-corrected chi connectivity index (χ0v) is 14.8. The highest BCUT2D eigenvalue weighted by molar-refractivity contribution is 5.80. The molecule has 0 aliphatic rings. The van der Waals surface area contributed by atoms with E-state index in [0.29, 0.717) is 25.0 Å². The number of aromatic nitrogens is 1. The third-order valence-corrected chi connectivity index (χ3v) is 3.48. The second-order valence-electron chi connectivity index (χ2n) is 5.59. The van der Waals surface area contributed by atoms with Crippen molar-refractivity contribution < 1.29 is 9.15 Å². The Hall–Kier alpha value is -2.50. The van der Waals surface area contributed by atoms with Crippen molar-refractivity contribution in [3.63, 3.8) is 0 Å². The molecular formula is C18H26N4O2. The molecular weight excluding hydrogens is 304 g/mol. The SMILES string of the molecule is CCCOc1ccc(CNC(=NC)NC(C)c2ccc(C)o2)cn1. The molecule has 2 aromatic heterocycles. The molecule has 130 valence electrons. The number of nitrogens with one attached hydrogen (secondary N) is 2. The highest BCUT2D eigenvalue weighted by Gasteiger charge is 2.11. The average Bonchev–Trinajstić information content (AvgIpc) is 3.04. The molecule has 0 aliphatic heterocycles. The Bertz CT molecular complexity index is 649. The molecule has 2 heterocycles. The van der Waals surface area contributed by atoms with E-state index >= 15 is 0 Å². The summed E-state index contributed by atoms with van der Waals surface area (Å²) in [5, 5.41) is 6.58. The number of nitrogens with zero attached hydrogens (tertiary/aromatic N) is 2. The quantitative estimate of drug-likeness (QED) is 0.602. The van der Waals surface area contributed by atoms with Crippen LogP contribution in [-0.4, -0.2) is 24.6 Å². The Morgan fingerprint density at radius 1 is 1.33 bits per heavy atom. The van der Waals surface area contributed by atoms with Crippen LogP contribution in [0.2, 0.25) is 0 Å². The number of pyridine rings is 1. The summed E-state index contributed by atoms with van der Waals surface area (Å²) in [7, 11) is 1.75. The van der Waals surface area contributed by atoms with Crippen molar-refractivity contribution in [2.75, 3.05) is 13.7 Å². The summed E-state index contributed by atoms with van der Waals surface area (Å²) >= 11 is 0. The number of furan rings is 1. The van der Waals surface area contributed by atoms with Crippen LogP contribution in [0.1, 0.15) is 43.4 Å². The molecule has 2 aromatic rings. The molecule has 0 fully saturated rings. The van der Waals surface area contributed by atoms with Gasteiger partial charge in [0.25, 0.3) is 0 Å². The van der Waals surface area contributed by atoms with E-state index in [4.69, 9.17) is 9.15 Å². The van der Waals surface area contributed by atoms with E-state index in [-0.39, 0.29) is 6.04 Å². The number of rotatable bonds is 7.